The number of nitrogens with zero attached hydrogens (tertiary/aromatic N) is 2. The summed E-state index contributed by atoms with van der Waals surface area (Å²) in [6.07, 6.45) is 0. The van der Waals surface area contributed by atoms with Crippen LogP contribution in [0.1, 0.15) is 10.4 Å². The summed E-state index contributed by atoms with van der Waals surface area (Å²) in [7, 11) is 0. The van der Waals surface area contributed by atoms with Crippen LogP contribution in [0.2, 0.25) is 0 Å². The second-order valence-corrected chi connectivity index (χ2v) is 5.54. The van der Waals surface area contributed by atoms with Crippen molar-refractivity contribution in [2.45, 2.75) is 5.16 Å². The van der Waals surface area contributed by atoms with Gasteiger partial charge in [0.15, 0.2) is 10.9 Å². The number of nitro benzene ring substituents is 1. The molecule has 0 spiro atoms. The van der Waals surface area contributed by atoms with E-state index < -0.39 is 4.92 Å². The molecule has 0 fully saturated rings. The van der Waals surface area contributed by atoms with Gasteiger partial charge in [-0.2, -0.15) is 0 Å². The molecule has 3 aromatic rings. The van der Waals surface area contributed by atoms with Crippen LogP contribution in [-0.2, 0) is 0 Å². The van der Waals surface area contributed by atoms with Crippen LogP contribution >= 0.6 is 11.8 Å². The minimum absolute atomic E-state index is 0. The Balaban J connectivity index is 0.00000192. The van der Waals surface area contributed by atoms with E-state index in [1.807, 2.05) is 24.3 Å². The smallest absolute Gasteiger partial charge is 0.270 e. The van der Waals surface area contributed by atoms with E-state index in [-0.39, 0.29) is 34.2 Å². The number of Topliss-reactive ketones (excluding diaryl/α,β-unsaturated/α-hetero) is 1. The van der Waals surface area contributed by atoms with Crippen molar-refractivity contribution in [1.29, 1.82) is 0 Å². The summed E-state index contributed by atoms with van der Waals surface area (Å²) in [4.78, 5) is 29.8. The number of carbonyl (C=O) groups is 1. The summed E-state index contributed by atoms with van der Waals surface area (Å²) < 4.78 is 0. The highest BCUT2D eigenvalue weighted by molar-refractivity contribution is 7.99. The lowest BCUT2D eigenvalue weighted by atomic mass is 10.1. The van der Waals surface area contributed by atoms with Crippen molar-refractivity contribution in [3.05, 3.63) is 64.2 Å². The Bertz CT molecular complexity index is 833. The first-order valence-electron chi connectivity index (χ1n) is 6.49. The Morgan fingerprint density at radius 2 is 2.00 bits per heavy atom. The van der Waals surface area contributed by atoms with Gasteiger partial charge >= 0.3 is 0 Å². The number of hydrogen-bond acceptors (Lipinski definition) is 5. The molecule has 3 rings (SSSR count). The van der Waals surface area contributed by atoms with E-state index in [1.54, 1.807) is 6.07 Å². The molecule has 0 amide bonds. The average Bonchev–Trinajstić information content (AvgIpc) is 2.95. The van der Waals surface area contributed by atoms with Gasteiger partial charge in [-0.1, -0.05) is 36.0 Å². The minimum Gasteiger partial charge on any atom is -1.00 e. The summed E-state index contributed by atoms with van der Waals surface area (Å²) >= 11 is 1.28. The number of fused-ring (bicyclic) bond motifs is 1. The van der Waals surface area contributed by atoms with Crippen molar-refractivity contribution in [2.75, 3.05) is 5.75 Å². The highest BCUT2D eigenvalue weighted by Gasteiger charge is 2.13. The lowest BCUT2D eigenvalue weighted by Gasteiger charge is -1.99. The lowest BCUT2D eigenvalue weighted by Crippen LogP contribution is -3.00. The highest BCUT2D eigenvalue weighted by atomic mass is 79.9. The maximum atomic E-state index is 12.1. The Labute approximate surface area is 146 Å². The van der Waals surface area contributed by atoms with E-state index in [2.05, 4.69) is 9.97 Å². The molecule has 1 aromatic heterocycles. The number of imidazole rings is 1. The van der Waals surface area contributed by atoms with Crippen LogP contribution in [0.25, 0.3) is 11.0 Å². The molecule has 0 atom stereocenters. The van der Waals surface area contributed by atoms with Crippen LogP contribution in [0.5, 0.6) is 0 Å². The predicted octanol–water partition coefficient (Wildman–Crippen LogP) is 0.450. The molecule has 0 aliphatic carbocycles. The Hall–Kier alpha value is -2.19. The van der Waals surface area contributed by atoms with E-state index in [0.717, 1.165) is 11.0 Å². The standard InChI is InChI=1S/C15H11N3O3S.BrH/c19-14(10-4-3-5-11(8-10)18(20)21)9-22-15-16-12-6-1-2-7-13(12)17-15;/h1-8H,9H2,(H,16,17);1H/p-1. The predicted molar refractivity (Wildman–Crippen MR) is 84.2 cm³/mol. The van der Waals surface area contributed by atoms with Crippen molar-refractivity contribution >= 4 is 34.3 Å². The van der Waals surface area contributed by atoms with Crippen molar-refractivity contribution in [1.82, 2.24) is 9.97 Å². The second-order valence-electron chi connectivity index (χ2n) is 4.58. The van der Waals surface area contributed by atoms with Gasteiger partial charge in [0, 0.05) is 17.7 Å². The van der Waals surface area contributed by atoms with Crippen LogP contribution in [0.15, 0.2) is 53.7 Å². The third-order valence-electron chi connectivity index (χ3n) is 3.09. The molecule has 0 unspecified atom stereocenters. The number of H-pyrrole nitrogens is 1. The number of carbonyl (C=O) groups excluding carboxylic acids is 1. The number of hydrogen-bond donors (Lipinski definition) is 1. The van der Waals surface area contributed by atoms with Crippen LogP contribution in [0, 0.1) is 10.1 Å². The van der Waals surface area contributed by atoms with Crippen molar-refractivity contribution in [2.24, 2.45) is 0 Å². The van der Waals surface area contributed by atoms with Crippen molar-refractivity contribution in [3.63, 3.8) is 0 Å². The quantitative estimate of drug-likeness (QED) is 0.294. The summed E-state index contributed by atoms with van der Waals surface area (Å²) in [5.74, 6) is -0.00443. The van der Waals surface area contributed by atoms with E-state index in [1.165, 1.54) is 30.0 Å². The van der Waals surface area contributed by atoms with Gasteiger partial charge in [0.25, 0.3) is 5.69 Å². The van der Waals surface area contributed by atoms with E-state index in [0.29, 0.717) is 10.7 Å². The first-order valence-corrected chi connectivity index (χ1v) is 7.47. The maximum Gasteiger partial charge on any atom is 0.270 e. The summed E-state index contributed by atoms with van der Waals surface area (Å²) in [5, 5.41) is 11.4. The molecular formula is C15H11BrN3O3S-. The molecule has 0 bridgehead atoms. The van der Waals surface area contributed by atoms with Gasteiger partial charge in [-0.3, -0.25) is 14.9 Å². The fourth-order valence-corrected chi connectivity index (χ4v) is 2.79. The molecule has 6 nitrogen and oxygen atoms in total. The second kappa shape index (κ2) is 7.38. The zero-order valence-corrected chi connectivity index (χ0v) is 14.1. The van der Waals surface area contributed by atoms with Crippen LogP contribution in [-0.4, -0.2) is 26.4 Å². The van der Waals surface area contributed by atoms with E-state index >= 15 is 0 Å². The molecule has 1 N–H and O–H groups in total. The number of nitro groups is 1. The highest BCUT2D eigenvalue weighted by Crippen LogP contribution is 2.21. The van der Waals surface area contributed by atoms with Crippen molar-refractivity contribution < 1.29 is 26.7 Å². The number of rotatable bonds is 5. The third-order valence-corrected chi connectivity index (χ3v) is 3.96. The third kappa shape index (κ3) is 3.96. The zero-order chi connectivity index (χ0) is 15.5. The van der Waals surface area contributed by atoms with Gasteiger partial charge in [0.1, 0.15) is 0 Å². The molecule has 0 saturated heterocycles. The molecule has 2 aromatic carbocycles. The molecule has 0 saturated carbocycles. The first kappa shape index (κ1) is 17.2. The molecule has 0 aliphatic rings. The number of aromatic nitrogens is 2. The number of thioether (sulfide) groups is 1. The topological polar surface area (TPSA) is 88.9 Å². The molecule has 0 radical (unpaired) electrons. The zero-order valence-electron chi connectivity index (χ0n) is 11.7. The fourth-order valence-electron chi connectivity index (χ4n) is 2.01. The molecule has 23 heavy (non-hydrogen) atoms. The molecular weight excluding hydrogens is 382 g/mol. The number of nitrogens with one attached hydrogen (secondary N) is 1. The van der Waals surface area contributed by atoms with Crippen LogP contribution in [0.4, 0.5) is 5.69 Å². The average molecular weight is 393 g/mol. The lowest BCUT2D eigenvalue weighted by molar-refractivity contribution is -0.384. The Morgan fingerprint density at radius 1 is 1.22 bits per heavy atom. The number of non-ortho nitro benzene ring substituents is 1. The van der Waals surface area contributed by atoms with E-state index in [9.17, 15) is 14.9 Å². The summed E-state index contributed by atoms with van der Waals surface area (Å²) in [6, 6.07) is 13.3. The van der Waals surface area contributed by atoms with Crippen LogP contribution in [0.3, 0.4) is 0 Å². The number of para-hydroxylation sites is 2. The van der Waals surface area contributed by atoms with Gasteiger partial charge in [-0.05, 0) is 12.1 Å². The van der Waals surface area contributed by atoms with Gasteiger partial charge in [0.2, 0.25) is 0 Å². The fraction of sp³-hybridized carbons (Fsp3) is 0.0667. The number of ketones is 1. The largest absolute Gasteiger partial charge is 1.00 e. The summed E-state index contributed by atoms with van der Waals surface area (Å²) in [6.45, 7) is 0. The van der Waals surface area contributed by atoms with Gasteiger partial charge < -0.3 is 22.0 Å². The first-order chi connectivity index (χ1) is 10.6. The minimum atomic E-state index is -0.511. The Morgan fingerprint density at radius 3 is 2.74 bits per heavy atom. The SMILES string of the molecule is O=C(CSc1nc2ccccc2[nH]1)c1cccc([N+](=O)[O-])c1.[Br-]. The van der Waals surface area contributed by atoms with E-state index in [4.69, 9.17) is 0 Å². The summed E-state index contributed by atoms with van der Waals surface area (Å²) in [5.41, 5.74) is 2.00. The van der Waals surface area contributed by atoms with Gasteiger partial charge in [0.05, 0.1) is 21.7 Å². The number of aromatic amines is 1. The normalized spacial score (nSPS) is 10.3. The molecule has 118 valence electrons. The maximum absolute atomic E-state index is 12.1. The van der Waals surface area contributed by atoms with Crippen molar-refractivity contribution in [3.8, 4) is 0 Å². The number of halogens is 1. The van der Waals surface area contributed by atoms with Gasteiger partial charge in [-0.15, -0.1) is 0 Å². The molecule has 0 aliphatic heterocycles. The Kier molecular flexibility index (Phi) is 5.51. The van der Waals surface area contributed by atoms with Gasteiger partial charge in [-0.25, -0.2) is 4.98 Å². The molecule has 1 heterocycles. The number of benzene rings is 2. The monoisotopic (exact) mass is 392 g/mol. The van der Waals surface area contributed by atoms with Crippen LogP contribution < -0.4 is 17.0 Å². The molecule has 8 heteroatoms.